The van der Waals surface area contributed by atoms with Gasteiger partial charge in [0.05, 0.1) is 16.8 Å². The minimum Gasteiger partial charge on any atom is -0.470 e. The van der Waals surface area contributed by atoms with E-state index < -0.39 is 0 Å². The Kier molecular flexibility index (Phi) is 5.81. The Bertz CT molecular complexity index is 934. The van der Waals surface area contributed by atoms with Crippen LogP contribution in [-0.4, -0.2) is 25.5 Å². The molecule has 0 saturated carbocycles. The maximum atomic E-state index is 12.5. The van der Waals surface area contributed by atoms with Gasteiger partial charge in [0.15, 0.2) is 6.73 Å². The van der Waals surface area contributed by atoms with E-state index in [2.05, 4.69) is 15.5 Å². The van der Waals surface area contributed by atoms with E-state index in [9.17, 15) is 4.79 Å². The second kappa shape index (κ2) is 8.26. The number of ether oxygens (including phenoxy) is 1. The predicted molar refractivity (Wildman–Crippen MR) is 103 cm³/mol. The molecule has 3 aromatic rings. The number of carbonyl (C=O) groups excluding carboxylic acids is 1. The monoisotopic (exact) mass is 387 g/mol. The lowest BCUT2D eigenvalue weighted by Crippen LogP contribution is -2.27. The van der Waals surface area contributed by atoms with Crippen LogP contribution in [0.1, 0.15) is 41.6 Å². The average molecular weight is 388 g/mol. The number of amides is 1. The number of aromatic nitrogens is 4. The Morgan fingerprint density at radius 1 is 1.26 bits per heavy atom. The van der Waals surface area contributed by atoms with Crippen molar-refractivity contribution in [3.8, 4) is 5.75 Å². The summed E-state index contributed by atoms with van der Waals surface area (Å²) in [6.07, 6.45) is 3.65. The summed E-state index contributed by atoms with van der Waals surface area (Å²) < 4.78 is 9.02. The average Bonchev–Trinajstić information content (AvgIpc) is 3.27. The summed E-state index contributed by atoms with van der Waals surface area (Å²) in [4.78, 5) is 12.5. The summed E-state index contributed by atoms with van der Waals surface area (Å²) in [6.45, 7) is 6.84. The first-order valence-electron chi connectivity index (χ1n) is 8.73. The lowest BCUT2D eigenvalue weighted by molar-refractivity contribution is 0.0932. The van der Waals surface area contributed by atoms with Gasteiger partial charge in [0, 0.05) is 24.5 Å². The third-order valence-electron chi connectivity index (χ3n) is 4.18. The fraction of sp³-hybridized carbons (Fsp3) is 0.316. The highest BCUT2D eigenvalue weighted by molar-refractivity contribution is 6.32. The van der Waals surface area contributed by atoms with Crippen LogP contribution in [0, 0.1) is 6.92 Å². The standard InChI is InChI=1S/C19H22ClN5O2/c1-4-24-11-15(14(3)22-24)13(2)21-19(26)17-9-10-25(23-17)12-27-18-8-6-5-7-16(18)20/h5-11,13H,4,12H2,1-3H3,(H,21,26). The molecule has 7 nitrogen and oxygen atoms in total. The number of carbonyl (C=O) groups is 1. The second-order valence-corrected chi connectivity index (χ2v) is 6.57. The molecule has 0 aliphatic heterocycles. The van der Waals surface area contributed by atoms with Crippen molar-refractivity contribution >= 4 is 17.5 Å². The van der Waals surface area contributed by atoms with Crippen LogP contribution >= 0.6 is 11.6 Å². The van der Waals surface area contributed by atoms with Gasteiger partial charge in [0.25, 0.3) is 5.91 Å². The summed E-state index contributed by atoms with van der Waals surface area (Å²) in [5.41, 5.74) is 2.22. The Morgan fingerprint density at radius 2 is 2.04 bits per heavy atom. The van der Waals surface area contributed by atoms with Crippen LogP contribution in [0.25, 0.3) is 0 Å². The van der Waals surface area contributed by atoms with Gasteiger partial charge in [-0.15, -0.1) is 0 Å². The first-order valence-corrected chi connectivity index (χ1v) is 9.11. The summed E-state index contributed by atoms with van der Waals surface area (Å²) in [5, 5.41) is 12.2. The zero-order chi connectivity index (χ0) is 19.4. The Labute approximate surface area is 162 Å². The van der Waals surface area contributed by atoms with Gasteiger partial charge in [-0.1, -0.05) is 23.7 Å². The molecular weight excluding hydrogens is 366 g/mol. The molecule has 1 atom stereocenters. The highest BCUT2D eigenvalue weighted by Gasteiger charge is 2.17. The molecule has 8 heteroatoms. The van der Waals surface area contributed by atoms with Gasteiger partial charge >= 0.3 is 0 Å². The molecule has 1 unspecified atom stereocenters. The summed E-state index contributed by atoms with van der Waals surface area (Å²) >= 11 is 6.06. The van der Waals surface area contributed by atoms with E-state index in [1.165, 1.54) is 0 Å². The third-order valence-corrected chi connectivity index (χ3v) is 4.50. The highest BCUT2D eigenvalue weighted by atomic mass is 35.5. The van der Waals surface area contributed by atoms with Gasteiger partial charge in [-0.05, 0) is 39.0 Å². The van der Waals surface area contributed by atoms with Gasteiger partial charge in [-0.3, -0.25) is 9.48 Å². The van der Waals surface area contributed by atoms with Crippen LogP contribution in [0.5, 0.6) is 5.75 Å². The SMILES string of the molecule is CCn1cc(C(C)NC(=O)c2ccn(COc3ccccc3Cl)n2)c(C)n1. The number of aryl methyl sites for hydroxylation is 2. The summed E-state index contributed by atoms with van der Waals surface area (Å²) in [7, 11) is 0. The smallest absolute Gasteiger partial charge is 0.272 e. The fourth-order valence-corrected chi connectivity index (χ4v) is 2.91. The summed E-state index contributed by atoms with van der Waals surface area (Å²) in [6, 6.07) is 8.69. The second-order valence-electron chi connectivity index (χ2n) is 6.16. The number of benzene rings is 1. The maximum absolute atomic E-state index is 12.5. The molecule has 27 heavy (non-hydrogen) atoms. The van der Waals surface area contributed by atoms with Crippen molar-refractivity contribution < 1.29 is 9.53 Å². The molecule has 0 radical (unpaired) electrons. The molecule has 3 rings (SSSR count). The van der Waals surface area contributed by atoms with Crippen LogP contribution in [0.4, 0.5) is 0 Å². The number of rotatable bonds is 7. The van der Waals surface area contributed by atoms with Crippen molar-refractivity contribution in [2.75, 3.05) is 0 Å². The molecule has 142 valence electrons. The normalized spacial score (nSPS) is 12.0. The zero-order valence-corrected chi connectivity index (χ0v) is 16.3. The molecule has 1 amide bonds. The Balaban J connectivity index is 1.61. The molecule has 0 spiro atoms. The summed E-state index contributed by atoms with van der Waals surface area (Å²) in [5.74, 6) is 0.320. The molecule has 0 aliphatic carbocycles. The van der Waals surface area contributed by atoms with Gasteiger partial charge in [-0.2, -0.15) is 10.2 Å². The minimum atomic E-state index is -0.248. The molecule has 0 saturated heterocycles. The van der Waals surface area contributed by atoms with Crippen molar-refractivity contribution in [1.29, 1.82) is 0 Å². The molecule has 0 fully saturated rings. The molecule has 0 aliphatic rings. The van der Waals surface area contributed by atoms with Crippen molar-refractivity contribution in [3.05, 3.63) is 64.7 Å². The number of halogens is 1. The van der Waals surface area contributed by atoms with Crippen LogP contribution in [0.3, 0.4) is 0 Å². The molecule has 0 bridgehead atoms. The maximum Gasteiger partial charge on any atom is 0.272 e. The van der Waals surface area contributed by atoms with Crippen molar-refractivity contribution in [2.45, 2.75) is 40.1 Å². The zero-order valence-electron chi connectivity index (χ0n) is 15.5. The molecule has 1 aromatic carbocycles. The van der Waals surface area contributed by atoms with E-state index in [1.807, 2.05) is 43.8 Å². The van der Waals surface area contributed by atoms with Crippen molar-refractivity contribution in [2.24, 2.45) is 0 Å². The molecule has 2 aromatic heterocycles. The number of nitrogens with one attached hydrogen (secondary N) is 1. The molecule has 1 N–H and O–H groups in total. The lowest BCUT2D eigenvalue weighted by atomic mass is 10.1. The number of hydrogen-bond donors (Lipinski definition) is 1. The topological polar surface area (TPSA) is 74.0 Å². The third kappa shape index (κ3) is 4.49. The van der Waals surface area contributed by atoms with E-state index >= 15 is 0 Å². The van der Waals surface area contributed by atoms with Crippen molar-refractivity contribution in [1.82, 2.24) is 24.9 Å². The van der Waals surface area contributed by atoms with E-state index in [0.717, 1.165) is 17.8 Å². The van der Waals surface area contributed by atoms with E-state index in [4.69, 9.17) is 16.3 Å². The lowest BCUT2D eigenvalue weighted by Gasteiger charge is -2.12. The van der Waals surface area contributed by atoms with Gasteiger partial charge in [0.1, 0.15) is 11.4 Å². The molecule has 2 heterocycles. The van der Waals surface area contributed by atoms with Gasteiger partial charge < -0.3 is 10.1 Å². The number of hydrogen-bond acceptors (Lipinski definition) is 4. The number of nitrogens with zero attached hydrogens (tertiary/aromatic N) is 4. The minimum absolute atomic E-state index is 0.162. The largest absolute Gasteiger partial charge is 0.470 e. The number of para-hydroxylation sites is 1. The van der Waals surface area contributed by atoms with Crippen LogP contribution in [0.2, 0.25) is 5.02 Å². The van der Waals surface area contributed by atoms with E-state index in [0.29, 0.717) is 16.5 Å². The van der Waals surface area contributed by atoms with Crippen molar-refractivity contribution in [3.63, 3.8) is 0 Å². The molecular formula is C19H22ClN5O2. The van der Waals surface area contributed by atoms with Gasteiger partial charge in [0.2, 0.25) is 0 Å². The first-order chi connectivity index (χ1) is 13.0. The van der Waals surface area contributed by atoms with E-state index in [1.54, 1.807) is 29.1 Å². The van der Waals surface area contributed by atoms with Crippen LogP contribution in [-0.2, 0) is 13.3 Å². The first kappa shape index (κ1) is 19.0. The van der Waals surface area contributed by atoms with Crippen LogP contribution in [0.15, 0.2) is 42.7 Å². The predicted octanol–water partition coefficient (Wildman–Crippen LogP) is 3.59. The van der Waals surface area contributed by atoms with Crippen LogP contribution < -0.4 is 10.1 Å². The highest BCUT2D eigenvalue weighted by Crippen LogP contribution is 2.23. The Hall–Kier alpha value is -2.80. The Morgan fingerprint density at radius 3 is 2.74 bits per heavy atom. The van der Waals surface area contributed by atoms with E-state index in [-0.39, 0.29) is 18.7 Å². The quantitative estimate of drug-likeness (QED) is 0.672. The van der Waals surface area contributed by atoms with Gasteiger partial charge in [-0.25, -0.2) is 4.68 Å². The fourth-order valence-electron chi connectivity index (χ4n) is 2.72.